The summed E-state index contributed by atoms with van der Waals surface area (Å²) in [4.78, 5) is 2.19. The number of allylic oxidation sites excluding steroid dienone is 2. The molecule has 170 valence electrons. The van der Waals surface area contributed by atoms with Crippen LogP contribution in [0.1, 0.15) is 30.0 Å². The van der Waals surface area contributed by atoms with Gasteiger partial charge in [0.05, 0.1) is 7.11 Å². The Balaban J connectivity index is 1.67. The van der Waals surface area contributed by atoms with E-state index in [9.17, 15) is 5.11 Å². The molecule has 0 atom stereocenters. The van der Waals surface area contributed by atoms with Crippen molar-refractivity contribution in [2.45, 2.75) is 20.0 Å². The van der Waals surface area contributed by atoms with E-state index in [1.54, 1.807) is 13.2 Å². The SMILES string of the molecule is COc1cccc(C2=CN(C)CCC(C)=C2c2ccc(OCc3ccc(Cl)cc3)cc2O)c1. The zero-order valence-corrected chi connectivity index (χ0v) is 19.9. The van der Waals surface area contributed by atoms with Crippen molar-refractivity contribution >= 4 is 22.7 Å². The predicted molar refractivity (Wildman–Crippen MR) is 135 cm³/mol. The minimum absolute atomic E-state index is 0.191. The normalized spacial score (nSPS) is 14.1. The lowest BCUT2D eigenvalue weighted by molar-refractivity contribution is 0.304. The molecular weight excluding hydrogens is 434 g/mol. The van der Waals surface area contributed by atoms with Gasteiger partial charge in [0.15, 0.2) is 0 Å². The van der Waals surface area contributed by atoms with Crippen molar-refractivity contribution in [1.29, 1.82) is 0 Å². The van der Waals surface area contributed by atoms with Crippen LogP contribution in [0.2, 0.25) is 5.02 Å². The van der Waals surface area contributed by atoms with Gasteiger partial charge >= 0.3 is 0 Å². The number of ether oxygens (including phenoxy) is 2. The highest BCUT2D eigenvalue weighted by Gasteiger charge is 2.21. The summed E-state index contributed by atoms with van der Waals surface area (Å²) >= 11 is 5.95. The second-order valence-electron chi connectivity index (χ2n) is 8.25. The minimum atomic E-state index is 0.191. The largest absolute Gasteiger partial charge is 0.507 e. The van der Waals surface area contributed by atoms with E-state index in [1.165, 1.54) is 5.57 Å². The van der Waals surface area contributed by atoms with Crippen molar-refractivity contribution in [3.8, 4) is 17.2 Å². The first-order valence-corrected chi connectivity index (χ1v) is 11.3. The number of aromatic hydroxyl groups is 1. The Labute approximate surface area is 200 Å². The lowest BCUT2D eigenvalue weighted by atomic mass is 9.88. The van der Waals surface area contributed by atoms with Gasteiger partial charge in [-0.05, 0) is 66.4 Å². The van der Waals surface area contributed by atoms with Gasteiger partial charge in [-0.15, -0.1) is 0 Å². The summed E-state index contributed by atoms with van der Waals surface area (Å²) in [7, 11) is 3.74. The minimum Gasteiger partial charge on any atom is -0.507 e. The molecule has 1 heterocycles. The number of halogens is 1. The van der Waals surface area contributed by atoms with Crippen LogP contribution >= 0.6 is 11.6 Å². The van der Waals surface area contributed by atoms with E-state index in [4.69, 9.17) is 21.1 Å². The molecule has 0 radical (unpaired) electrons. The summed E-state index contributed by atoms with van der Waals surface area (Å²) in [6, 6.07) is 21.1. The Morgan fingerprint density at radius 1 is 1.00 bits per heavy atom. The fourth-order valence-electron chi connectivity index (χ4n) is 3.99. The maximum absolute atomic E-state index is 11.0. The third-order valence-corrected chi connectivity index (χ3v) is 6.08. The van der Waals surface area contributed by atoms with Crippen LogP contribution in [0.4, 0.5) is 0 Å². The molecule has 33 heavy (non-hydrogen) atoms. The average molecular weight is 462 g/mol. The smallest absolute Gasteiger partial charge is 0.127 e. The lowest BCUT2D eigenvalue weighted by Gasteiger charge is -2.18. The van der Waals surface area contributed by atoms with E-state index in [1.807, 2.05) is 54.6 Å². The Hall–Kier alpha value is -3.37. The third kappa shape index (κ3) is 5.35. The summed E-state index contributed by atoms with van der Waals surface area (Å²) in [5.41, 5.74) is 6.15. The van der Waals surface area contributed by atoms with Crippen LogP contribution in [-0.4, -0.2) is 30.7 Å². The number of phenols is 1. The van der Waals surface area contributed by atoms with E-state index >= 15 is 0 Å². The number of nitrogens with zero attached hydrogens (tertiary/aromatic N) is 1. The molecular formula is C28H28ClNO3. The van der Waals surface area contributed by atoms with Gasteiger partial charge in [0.25, 0.3) is 0 Å². The average Bonchev–Trinajstić information content (AvgIpc) is 2.97. The van der Waals surface area contributed by atoms with Crippen molar-refractivity contribution < 1.29 is 14.6 Å². The number of benzene rings is 3. The predicted octanol–water partition coefficient (Wildman–Crippen LogP) is 6.78. The molecule has 0 bridgehead atoms. The number of hydrogen-bond donors (Lipinski definition) is 1. The number of phenolic OH excluding ortho intramolecular Hbond substituents is 1. The van der Waals surface area contributed by atoms with Crippen LogP contribution in [-0.2, 0) is 6.61 Å². The van der Waals surface area contributed by atoms with Crippen LogP contribution in [0.3, 0.4) is 0 Å². The quantitative estimate of drug-likeness (QED) is 0.439. The molecule has 0 fully saturated rings. The molecule has 0 unspecified atom stereocenters. The molecule has 0 amide bonds. The summed E-state index contributed by atoms with van der Waals surface area (Å²) in [6.45, 7) is 3.44. The van der Waals surface area contributed by atoms with Crippen molar-refractivity contribution in [2.75, 3.05) is 20.7 Å². The molecule has 4 rings (SSSR count). The first-order valence-electron chi connectivity index (χ1n) is 10.9. The van der Waals surface area contributed by atoms with Crippen molar-refractivity contribution in [1.82, 2.24) is 4.90 Å². The molecule has 3 aromatic carbocycles. The zero-order valence-electron chi connectivity index (χ0n) is 19.1. The lowest BCUT2D eigenvalue weighted by Crippen LogP contribution is -2.11. The molecule has 0 saturated heterocycles. The van der Waals surface area contributed by atoms with Crippen molar-refractivity contribution in [3.63, 3.8) is 0 Å². The van der Waals surface area contributed by atoms with E-state index < -0.39 is 0 Å². The van der Waals surface area contributed by atoms with Gasteiger partial charge in [-0.1, -0.05) is 41.4 Å². The molecule has 3 aromatic rings. The molecule has 0 aromatic heterocycles. The van der Waals surface area contributed by atoms with Crippen molar-refractivity contribution in [2.24, 2.45) is 0 Å². The van der Waals surface area contributed by atoms with Gasteiger partial charge in [0, 0.05) is 42.0 Å². The Morgan fingerprint density at radius 2 is 1.79 bits per heavy atom. The summed E-state index contributed by atoms with van der Waals surface area (Å²) in [5.74, 6) is 1.60. The standard InChI is InChI=1S/C28H28ClNO3/c1-19-13-14-30(2)17-26(21-5-4-6-23(15-21)32-3)28(19)25-12-11-24(16-27(25)31)33-18-20-7-9-22(29)10-8-20/h4-12,15-17,31H,13-14,18H2,1-3H3. The molecule has 5 heteroatoms. The summed E-state index contributed by atoms with van der Waals surface area (Å²) in [5, 5.41) is 11.7. The molecule has 0 spiro atoms. The Kier molecular flexibility index (Phi) is 6.95. The number of hydrogen-bond acceptors (Lipinski definition) is 4. The second-order valence-corrected chi connectivity index (χ2v) is 8.69. The van der Waals surface area contributed by atoms with Crippen LogP contribution in [0, 0.1) is 0 Å². The maximum atomic E-state index is 11.0. The highest BCUT2D eigenvalue weighted by Crippen LogP contribution is 2.42. The summed E-state index contributed by atoms with van der Waals surface area (Å²) in [6.07, 6.45) is 3.05. The first kappa shape index (κ1) is 22.8. The van der Waals surface area contributed by atoms with Crippen LogP contribution in [0.15, 0.2) is 78.5 Å². The Bertz CT molecular complexity index is 1200. The van der Waals surface area contributed by atoms with E-state index in [0.717, 1.165) is 46.6 Å². The summed E-state index contributed by atoms with van der Waals surface area (Å²) < 4.78 is 11.4. The van der Waals surface area contributed by atoms with Gasteiger partial charge < -0.3 is 19.5 Å². The van der Waals surface area contributed by atoms with Gasteiger partial charge in [-0.25, -0.2) is 0 Å². The maximum Gasteiger partial charge on any atom is 0.127 e. The van der Waals surface area contributed by atoms with Crippen LogP contribution in [0.5, 0.6) is 17.2 Å². The molecule has 0 saturated carbocycles. The highest BCUT2D eigenvalue weighted by atomic mass is 35.5. The van der Waals surface area contributed by atoms with Crippen LogP contribution in [0.25, 0.3) is 11.1 Å². The van der Waals surface area contributed by atoms with Gasteiger partial charge in [0.2, 0.25) is 0 Å². The third-order valence-electron chi connectivity index (χ3n) is 5.82. The number of rotatable bonds is 6. The zero-order chi connectivity index (χ0) is 23.4. The fraction of sp³-hybridized carbons (Fsp3) is 0.214. The fourth-order valence-corrected chi connectivity index (χ4v) is 4.12. The van der Waals surface area contributed by atoms with Gasteiger partial charge in [0.1, 0.15) is 23.9 Å². The first-order chi connectivity index (χ1) is 15.9. The second kappa shape index (κ2) is 10.1. The Morgan fingerprint density at radius 3 is 2.52 bits per heavy atom. The molecule has 4 nitrogen and oxygen atoms in total. The molecule has 1 N–H and O–H groups in total. The van der Waals surface area contributed by atoms with E-state index in [2.05, 4.69) is 31.1 Å². The van der Waals surface area contributed by atoms with Crippen LogP contribution < -0.4 is 9.47 Å². The van der Waals surface area contributed by atoms with Crippen molar-refractivity contribution in [3.05, 3.63) is 100 Å². The molecule has 1 aliphatic heterocycles. The highest BCUT2D eigenvalue weighted by molar-refractivity contribution is 6.30. The van der Waals surface area contributed by atoms with E-state index in [-0.39, 0.29) is 5.75 Å². The molecule has 1 aliphatic rings. The van der Waals surface area contributed by atoms with Gasteiger partial charge in [-0.3, -0.25) is 0 Å². The topological polar surface area (TPSA) is 41.9 Å². The monoisotopic (exact) mass is 461 g/mol. The van der Waals surface area contributed by atoms with E-state index in [0.29, 0.717) is 17.4 Å². The molecule has 0 aliphatic carbocycles. The number of methoxy groups -OCH3 is 1. The van der Waals surface area contributed by atoms with Gasteiger partial charge in [-0.2, -0.15) is 0 Å².